The molecular weight excluding hydrogens is 252 g/mol. The lowest BCUT2D eigenvalue weighted by molar-refractivity contribution is 0.163. The van der Waals surface area contributed by atoms with Crippen LogP contribution in [0.15, 0.2) is 24.3 Å². The third-order valence-electron chi connectivity index (χ3n) is 3.17. The highest BCUT2D eigenvalue weighted by Crippen LogP contribution is 2.04. The van der Waals surface area contributed by atoms with Gasteiger partial charge in [0, 0.05) is 13.1 Å². The highest BCUT2D eigenvalue weighted by atomic mass is 16.3. The molecule has 2 atom stereocenters. The number of urea groups is 1. The molecule has 2 amide bonds. The van der Waals surface area contributed by atoms with Gasteiger partial charge in [-0.25, -0.2) is 4.79 Å². The van der Waals surface area contributed by atoms with E-state index in [1.54, 1.807) is 6.92 Å². The fourth-order valence-corrected chi connectivity index (χ4v) is 2.07. The van der Waals surface area contributed by atoms with E-state index >= 15 is 0 Å². The largest absolute Gasteiger partial charge is 0.393 e. The summed E-state index contributed by atoms with van der Waals surface area (Å²) in [6.45, 7) is 7.04. The molecule has 0 radical (unpaired) electrons. The van der Waals surface area contributed by atoms with Crippen molar-refractivity contribution in [2.75, 3.05) is 13.1 Å². The van der Waals surface area contributed by atoms with Crippen molar-refractivity contribution in [3.63, 3.8) is 0 Å². The van der Waals surface area contributed by atoms with E-state index < -0.39 is 0 Å². The predicted octanol–water partition coefficient (Wildman–Crippen LogP) is 2.24. The molecule has 0 aliphatic heterocycles. The average molecular weight is 278 g/mol. The Bertz CT molecular complexity index is 401. The molecule has 2 unspecified atom stereocenters. The average Bonchev–Trinajstić information content (AvgIpc) is 2.38. The van der Waals surface area contributed by atoms with E-state index in [-0.39, 0.29) is 18.1 Å². The zero-order chi connectivity index (χ0) is 15.0. The first-order valence-electron chi connectivity index (χ1n) is 7.22. The molecule has 4 heteroatoms. The fraction of sp³-hybridized carbons (Fsp3) is 0.562. The van der Waals surface area contributed by atoms with E-state index in [0.29, 0.717) is 19.5 Å². The minimum Gasteiger partial charge on any atom is -0.393 e. The first-order chi connectivity index (χ1) is 9.47. The van der Waals surface area contributed by atoms with E-state index in [0.717, 1.165) is 6.42 Å². The molecular formula is C16H26N2O2. The molecule has 0 saturated carbocycles. The highest BCUT2D eigenvalue weighted by molar-refractivity contribution is 5.73. The van der Waals surface area contributed by atoms with E-state index in [1.807, 2.05) is 6.92 Å². The van der Waals surface area contributed by atoms with Crippen LogP contribution in [0.1, 0.15) is 31.4 Å². The Balaban J connectivity index is 2.15. The van der Waals surface area contributed by atoms with Crippen molar-refractivity contribution >= 4 is 6.03 Å². The topological polar surface area (TPSA) is 61.4 Å². The molecule has 4 nitrogen and oxygen atoms in total. The van der Waals surface area contributed by atoms with E-state index in [1.165, 1.54) is 11.1 Å². The van der Waals surface area contributed by atoms with Crippen LogP contribution in [-0.2, 0) is 6.42 Å². The van der Waals surface area contributed by atoms with E-state index in [4.69, 9.17) is 0 Å². The molecule has 0 saturated heterocycles. The second-order valence-electron chi connectivity index (χ2n) is 5.56. The lowest BCUT2D eigenvalue weighted by Gasteiger charge is -2.14. The number of aliphatic hydroxyl groups is 1. The summed E-state index contributed by atoms with van der Waals surface area (Å²) < 4.78 is 0. The molecule has 0 heterocycles. The van der Waals surface area contributed by atoms with Crippen molar-refractivity contribution in [2.45, 2.75) is 39.7 Å². The number of hydrogen-bond acceptors (Lipinski definition) is 2. The molecule has 112 valence electrons. The maximum atomic E-state index is 11.6. The zero-order valence-electron chi connectivity index (χ0n) is 12.6. The Morgan fingerprint density at radius 2 is 1.85 bits per heavy atom. The van der Waals surface area contributed by atoms with Crippen LogP contribution in [0, 0.1) is 12.8 Å². The maximum absolute atomic E-state index is 11.6. The van der Waals surface area contributed by atoms with Crippen LogP contribution in [0.3, 0.4) is 0 Å². The van der Waals surface area contributed by atoms with Gasteiger partial charge >= 0.3 is 6.03 Å². The van der Waals surface area contributed by atoms with Gasteiger partial charge in [-0.05, 0) is 38.2 Å². The van der Waals surface area contributed by atoms with E-state index in [2.05, 4.69) is 41.8 Å². The normalized spacial score (nSPS) is 13.6. The fourth-order valence-electron chi connectivity index (χ4n) is 2.07. The molecule has 3 N–H and O–H groups in total. The van der Waals surface area contributed by atoms with Gasteiger partial charge in [0.15, 0.2) is 0 Å². The molecule has 0 fully saturated rings. The minimum absolute atomic E-state index is 0.144. The number of aliphatic hydroxyl groups excluding tert-OH is 1. The lowest BCUT2D eigenvalue weighted by atomic mass is 10.1. The number of carbonyl (C=O) groups is 1. The number of carbonyl (C=O) groups excluding carboxylic acids is 1. The number of aryl methyl sites for hydroxylation is 1. The smallest absolute Gasteiger partial charge is 0.314 e. The maximum Gasteiger partial charge on any atom is 0.314 e. The Morgan fingerprint density at radius 3 is 2.45 bits per heavy atom. The van der Waals surface area contributed by atoms with Crippen molar-refractivity contribution in [1.82, 2.24) is 10.6 Å². The first kappa shape index (κ1) is 16.5. The number of amides is 2. The summed E-state index contributed by atoms with van der Waals surface area (Å²) in [5, 5.41) is 14.9. The summed E-state index contributed by atoms with van der Waals surface area (Å²) in [5.41, 5.74) is 2.46. The first-order valence-corrected chi connectivity index (χ1v) is 7.22. The molecule has 1 rings (SSSR count). The van der Waals surface area contributed by atoms with E-state index in [9.17, 15) is 9.90 Å². The summed E-state index contributed by atoms with van der Waals surface area (Å²) in [7, 11) is 0. The third-order valence-corrected chi connectivity index (χ3v) is 3.17. The summed E-state index contributed by atoms with van der Waals surface area (Å²) in [5.74, 6) is 0.276. The number of nitrogens with one attached hydrogen (secondary N) is 2. The molecule has 1 aromatic rings. The van der Waals surface area contributed by atoms with Gasteiger partial charge in [0.1, 0.15) is 0 Å². The van der Waals surface area contributed by atoms with Gasteiger partial charge in [0.05, 0.1) is 6.10 Å². The van der Waals surface area contributed by atoms with Crippen LogP contribution in [0.5, 0.6) is 0 Å². The minimum atomic E-state index is -0.323. The summed E-state index contributed by atoms with van der Waals surface area (Å²) in [6, 6.07) is 8.18. The summed E-state index contributed by atoms with van der Waals surface area (Å²) in [6.07, 6.45) is 1.21. The van der Waals surface area contributed by atoms with Crippen LogP contribution in [0.4, 0.5) is 4.79 Å². The quantitative estimate of drug-likeness (QED) is 0.716. The van der Waals surface area contributed by atoms with Crippen molar-refractivity contribution in [1.29, 1.82) is 0 Å². The van der Waals surface area contributed by atoms with Gasteiger partial charge < -0.3 is 15.7 Å². The Kier molecular flexibility index (Phi) is 7.09. The van der Waals surface area contributed by atoms with Gasteiger partial charge in [-0.2, -0.15) is 0 Å². The SMILES string of the molecule is Cc1ccc(CCNC(=O)NCC(C)CC(C)O)cc1. The molecule has 0 aromatic heterocycles. The Morgan fingerprint density at radius 1 is 1.20 bits per heavy atom. The lowest BCUT2D eigenvalue weighted by Crippen LogP contribution is -2.39. The standard InChI is InChI=1S/C16H26N2O2/c1-12-4-6-15(7-5-12)8-9-17-16(20)18-11-13(2)10-14(3)19/h4-7,13-14,19H,8-11H2,1-3H3,(H2,17,18,20). The highest BCUT2D eigenvalue weighted by Gasteiger charge is 2.07. The molecule has 0 spiro atoms. The van der Waals surface area contributed by atoms with Gasteiger partial charge in [-0.15, -0.1) is 0 Å². The van der Waals surface area contributed by atoms with Crippen molar-refractivity contribution in [3.05, 3.63) is 35.4 Å². The van der Waals surface area contributed by atoms with Gasteiger partial charge in [0.25, 0.3) is 0 Å². The van der Waals surface area contributed by atoms with Gasteiger partial charge in [-0.1, -0.05) is 36.8 Å². The summed E-state index contributed by atoms with van der Waals surface area (Å²) >= 11 is 0. The Hall–Kier alpha value is -1.55. The van der Waals surface area contributed by atoms with Crippen LogP contribution in [-0.4, -0.2) is 30.3 Å². The Labute approximate surface area is 121 Å². The van der Waals surface area contributed by atoms with Crippen LogP contribution in [0.25, 0.3) is 0 Å². The van der Waals surface area contributed by atoms with Crippen molar-refractivity contribution in [2.24, 2.45) is 5.92 Å². The zero-order valence-corrected chi connectivity index (χ0v) is 12.6. The monoisotopic (exact) mass is 278 g/mol. The predicted molar refractivity (Wildman–Crippen MR) is 81.7 cm³/mol. The van der Waals surface area contributed by atoms with Gasteiger partial charge in [0.2, 0.25) is 0 Å². The van der Waals surface area contributed by atoms with Crippen molar-refractivity contribution < 1.29 is 9.90 Å². The molecule has 20 heavy (non-hydrogen) atoms. The van der Waals surface area contributed by atoms with Crippen LogP contribution >= 0.6 is 0 Å². The number of benzene rings is 1. The van der Waals surface area contributed by atoms with Crippen LogP contribution < -0.4 is 10.6 Å². The second-order valence-corrected chi connectivity index (χ2v) is 5.56. The molecule has 1 aromatic carbocycles. The van der Waals surface area contributed by atoms with Crippen LogP contribution in [0.2, 0.25) is 0 Å². The third kappa shape index (κ3) is 7.14. The second kappa shape index (κ2) is 8.59. The molecule has 0 bridgehead atoms. The molecule has 0 aliphatic carbocycles. The summed E-state index contributed by atoms with van der Waals surface area (Å²) in [4.78, 5) is 11.6. The number of hydrogen-bond donors (Lipinski definition) is 3. The molecule has 0 aliphatic rings. The van der Waals surface area contributed by atoms with Gasteiger partial charge in [-0.3, -0.25) is 0 Å². The number of rotatable bonds is 7. The van der Waals surface area contributed by atoms with Crippen molar-refractivity contribution in [3.8, 4) is 0 Å².